The molecule has 2 aromatic rings. The second-order valence-corrected chi connectivity index (χ2v) is 6.17. The number of amides is 1. The van der Waals surface area contributed by atoms with E-state index in [9.17, 15) is 9.59 Å². The Bertz CT molecular complexity index is 754. The van der Waals surface area contributed by atoms with Crippen LogP contribution in [0, 0.1) is 12.8 Å². The van der Waals surface area contributed by atoms with Crippen LogP contribution < -0.4 is 0 Å². The molecule has 2 heterocycles. The number of nitrogens with zero attached hydrogens (tertiary/aromatic N) is 2. The summed E-state index contributed by atoms with van der Waals surface area (Å²) in [6.45, 7) is 4.87. The molecule has 0 N–H and O–H groups in total. The van der Waals surface area contributed by atoms with Crippen molar-refractivity contribution in [1.82, 2.24) is 10.1 Å². The SMILES string of the molecule is CCOC(=O)[C@@H]1CCCN(C(=O)c2c(-c3ccccc3)noc2C)C1. The lowest BCUT2D eigenvalue weighted by Gasteiger charge is -2.31. The predicted octanol–water partition coefficient (Wildman–Crippen LogP) is 3.07. The van der Waals surface area contributed by atoms with Gasteiger partial charge in [0.1, 0.15) is 17.0 Å². The predicted molar refractivity (Wildman–Crippen MR) is 91.9 cm³/mol. The van der Waals surface area contributed by atoms with Gasteiger partial charge in [-0.25, -0.2) is 0 Å². The van der Waals surface area contributed by atoms with Gasteiger partial charge in [0, 0.05) is 18.7 Å². The first-order chi connectivity index (χ1) is 12.1. The van der Waals surface area contributed by atoms with Crippen molar-refractivity contribution >= 4 is 11.9 Å². The lowest BCUT2D eigenvalue weighted by molar-refractivity contribution is -0.149. The Balaban J connectivity index is 1.84. The topological polar surface area (TPSA) is 72.6 Å². The normalized spacial score (nSPS) is 17.4. The van der Waals surface area contributed by atoms with Gasteiger partial charge in [0.15, 0.2) is 0 Å². The first-order valence-corrected chi connectivity index (χ1v) is 8.59. The molecule has 0 bridgehead atoms. The van der Waals surface area contributed by atoms with Crippen LogP contribution in [0.15, 0.2) is 34.9 Å². The molecule has 1 aliphatic heterocycles. The van der Waals surface area contributed by atoms with Crippen molar-refractivity contribution in [3.8, 4) is 11.3 Å². The summed E-state index contributed by atoms with van der Waals surface area (Å²) < 4.78 is 10.4. The van der Waals surface area contributed by atoms with Gasteiger partial charge in [0.25, 0.3) is 5.91 Å². The molecule has 1 aromatic carbocycles. The smallest absolute Gasteiger partial charge is 0.310 e. The molecule has 0 spiro atoms. The van der Waals surface area contributed by atoms with Crippen LogP contribution in [0.1, 0.15) is 35.9 Å². The maximum Gasteiger partial charge on any atom is 0.310 e. The number of esters is 1. The Hall–Kier alpha value is -2.63. The van der Waals surface area contributed by atoms with Crippen LogP contribution in [-0.4, -0.2) is 41.6 Å². The summed E-state index contributed by atoms with van der Waals surface area (Å²) in [7, 11) is 0. The highest BCUT2D eigenvalue weighted by Crippen LogP contribution is 2.28. The van der Waals surface area contributed by atoms with Gasteiger partial charge in [0.05, 0.1) is 12.5 Å². The van der Waals surface area contributed by atoms with Crippen molar-refractivity contribution in [3.63, 3.8) is 0 Å². The Kier molecular flexibility index (Phi) is 5.16. The Morgan fingerprint density at radius 2 is 2.08 bits per heavy atom. The number of aromatic nitrogens is 1. The second kappa shape index (κ2) is 7.51. The van der Waals surface area contributed by atoms with Gasteiger partial charge in [-0.3, -0.25) is 9.59 Å². The highest BCUT2D eigenvalue weighted by atomic mass is 16.5. The number of rotatable bonds is 4. The molecule has 0 unspecified atom stereocenters. The van der Waals surface area contributed by atoms with Crippen LogP contribution >= 0.6 is 0 Å². The third-order valence-electron chi connectivity index (χ3n) is 4.45. The van der Waals surface area contributed by atoms with Gasteiger partial charge in [-0.05, 0) is 26.7 Å². The molecule has 1 atom stereocenters. The van der Waals surface area contributed by atoms with E-state index in [1.54, 1.807) is 18.7 Å². The number of piperidine rings is 1. The molecule has 1 amide bonds. The fraction of sp³-hybridized carbons (Fsp3) is 0.421. The monoisotopic (exact) mass is 342 g/mol. The van der Waals surface area contributed by atoms with Crippen LogP contribution in [0.4, 0.5) is 0 Å². The number of carbonyl (C=O) groups excluding carboxylic acids is 2. The molecule has 25 heavy (non-hydrogen) atoms. The van der Waals surface area contributed by atoms with Crippen molar-refractivity contribution in [2.45, 2.75) is 26.7 Å². The number of hydrogen-bond acceptors (Lipinski definition) is 5. The summed E-state index contributed by atoms with van der Waals surface area (Å²) >= 11 is 0. The Morgan fingerprint density at radius 3 is 2.80 bits per heavy atom. The molecule has 3 rings (SSSR count). The van der Waals surface area contributed by atoms with Crippen LogP contribution in [0.3, 0.4) is 0 Å². The number of hydrogen-bond donors (Lipinski definition) is 0. The average Bonchev–Trinajstić information content (AvgIpc) is 3.03. The van der Waals surface area contributed by atoms with Crippen LogP contribution in [0.5, 0.6) is 0 Å². The van der Waals surface area contributed by atoms with E-state index in [1.807, 2.05) is 30.3 Å². The van der Waals surface area contributed by atoms with Gasteiger partial charge in [-0.15, -0.1) is 0 Å². The van der Waals surface area contributed by atoms with Crippen molar-refractivity contribution in [3.05, 3.63) is 41.7 Å². The standard InChI is InChI=1S/C19H22N2O4/c1-3-24-19(23)15-10-7-11-21(12-15)18(22)16-13(2)25-20-17(16)14-8-5-4-6-9-14/h4-6,8-9,15H,3,7,10-12H2,1-2H3/t15-/m1/s1. The lowest BCUT2D eigenvalue weighted by atomic mass is 9.96. The van der Waals surface area contributed by atoms with Gasteiger partial charge in [-0.1, -0.05) is 35.5 Å². The quantitative estimate of drug-likeness (QED) is 0.799. The summed E-state index contributed by atoms with van der Waals surface area (Å²) in [6, 6.07) is 9.49. The highest BCUT2D eigenvalue weighted by Gasteiger charge is 2.32. The van der Waals surface area contributed by atoms with E-state index in [4.69, 9.17) is 9.26 Å². The molecule has 6 nitrogen and oxygen atoms in total. The van der Waals surface area contributed by atoms with Crippen LogP contribution in [-0.2, 0) is 9.53 Å². The molecule has 1 aromatic heterocycles. The number of aryl methyl sites for hydroxylation is 1. The average molecular weight is 342 g/mol. The molecule has 132 valence electrons. The molecule has 1 saturated heterocycles. The van der Waals surface area contributed by atoms with Crippen molar-refractivity contribution in [1.29, 1.82) is 0 Å². The van der Waals surface area contributed by atoms with Crippen LogP contribution in [0.2, 0.25) is 0 Å². The zero-order valence-corrected chi connectivity index (χ0v) is 14.5. The van der Waals surface area contributed by atoms with E-state index in [1.165, 1.54) is 0 Å². The Labute approximate surface area is 146 Å². The molecule has 6 heteroatoms. The third kappa shape index (κ3) is 3.57. The molecule has 1 fully saturated rings. The van der Waals surface area contributed by atoms with E-state index >= 15 is 0 Å². The lowest BCUT2D eigenvalue weighted by Crippen LogP contribution is -2.43. The van der Waals surface area contributed by atoms with E-state index in [2.05, 4.69) is 5.16 Å². The third-order valence-corrected chi connectivity index (χ3v) is 4.45. The Morgan fingerprint density at radius 1 is 1.32 bits per heavy atom. The number of likely N-dealkylation sites (tertiary alicyclic amines) is 1. The molecule has 0 aliphatic carbocycles. The minimum Gasteiger partial charge on any atom is -0.466 e. The summed E-state index contributed by atoms with van der Waals surface area (Å²) in [5.74, 6) is -0.156. The minimum absolute atomic E-state index is 0.147. The largest absolute Gasteiger partial charge is 0.466 e. The summed E-state index contributed by atoms with van der Waals surface area (Å²) in [6.07, 6.45) is 1.52. The van der Waals surface area contributed by atoms with Crippen molar-refractivity contribution in [2.24, 2.45) is 5.92 Å². The zero-order chi connectivity index (χ0) is 17.8. The maximum atomic E-state index is 13.1. The van der Waals surface area contributed by atoms with E-state index < -0.39 is 0 Å². The van der Waals surface area contributed by atoms with Gasteiger partial charge in [0.2, 0.25) is 0 Å². The molecule has 0 radical (unpaired) electrons. The molecule has 0 saturated carbocycles. The highest BCUT2D eigenvalue weighted by molar-refractivity contribution is 6.01. The molecule has 1 aliphatic rings. The van der Waals surface area contributed by atoms with Gasteiger partial charge < -0.3 is 14.2 Å². The van der Waals surface area contributed by atoms with Crippen molar-refractivity contribution < 1.29 is 18.8 Å². The first-order valence-electron chi connectivity index (χ1n) is 8.59. The molecular formula is C19H22N2O4. The fourth-order valence-corrected chi connectivity index (χ4v) is 3.19. The van der Waals surface area contributed by atoms with Gasteiger partial charge >= 0.3 is 5.97 Å². The summed E-state index contributed by atoms with van der Waals surface area (Å²) in [4.78, 5) is 26.8. The van der Waals surface area contributed by atoms with Crippen molar-refractivity contribution in [2.75, 3.05) is 19.7 Å². The van der Waals surface area contributed by atoms with E-state index in [0.717, 1.165) is 18.4 Å². The van der Waals surface area contributed by atoms with E-state index in [-0.39, 0.29) is 17.8 Å². The second-order valence-electron chi connectivity index (χ2n) is 6.17. The number of ether oxygens (including phenoxy) is 1. The first kappa shape index (κ1) is 17.2. The molecular weight excluding hydrogens is 320 g/mol. The summed E-state index contributed by atoms with van der Waals surface area (Å²) in [5, 5.41) is 4.07. The zero-order valence-electron chi connectivity index (χ0n) is 14.5. The summed E-state index contributed by atoms with van der Waals surface area (Å²) in [5.41, 5.74) is 1.85. The fourth-order valence-electron chi connectivity index (χ4n) is 3.19. The van der Waals surface area contributed by atoms with Crippen LogP contribution in [0.25, 0.3) is 11.3 Å². The number of benzene rings is 1. The minimum atomic E-state index is -0.266. The number of carbonyl (C=O) groups is 2. The van der Waals surface area contributed by atoms with E-state index in [0.29, 0.717) is 36.7 Å². The van der Waals surface area contributed by atoms with Gasteiger partial charge in [-0.2, -0.15) is 0 Å². The maximum absolute atomic E-state index is 13.1.